The van der Waals surface area contributed by atoms with E-state index in [0.717, 1.165) is 32.7 Å². The van der Waals surface area contributed by atoms with Crippen molar-refractivity contribution in [3.8, 4) is 0 Å². The van der Waals surface area contributed by atoms with Gasteiger partial charge in [0.25, 0.3) is 0 Å². The Bertz CT molecular complexity index is 394. The number of rotatable bonds is 6. The van der Waals surface area contributed by atoms with Gasteiger partial charge in [0, 0.05) is 19.0 Å². The van der Waals surface area contributed by atoms with Gasteiger partial charge in [-0.25, -0.2) is 0 Å². The molecule has 0 saturated carbocycles. The Morgan fingerprint density at radius 2 is 2.16 bits per heavy atom. The summed E-state index contributed by atoms with van der Waals surface area (Å²) in [4.78, 5) is 12.9. The Kier molecular flexibility index (Phi) is 5.36. The van der Waals surface area contributed by atoms with Crippen molar-refractivity contribution in [2.75, 3.05) is 26.3 Å². The average molecular weight is 263 g/mol. The Hall–Kier alpha value is -1.39. The van der Waals surface area contributed by atoms with E-state index in [9.17, 15) is 4.79 Å². The van der Waals surface area contributed by atoms with Gasteiger partial charge in [0.05, 0.1) is 13.2 Å². The maximum absolute atomic E-state index is 10.6. The number of ether oxygens (including phenoxy) is 1. The summed E-state index contributed by atoms with van der Waals surface area (Å²) in [6.45, 7) is 3.23. The van der Waals surface area contributed by atoms with Crippen LogP contribution in [0.5, 0.6) is 0 Å². The highest BCUT2D eigenvalue weighted by Gasteiger charge is 2.22. The summed E-state index contributed by atoms with van der Waals surface area (Å²) in [5.74, 6) is -0.715. The zero-order chi connectivity index (χ0) is 13.5. The quantitative estimate of drug-likeness (QED) is 0.850. The number of nitrogens with zero attached hydrogens (tertiary/aromatic N) is 1. The fraction of sp³-hybridized carbons (Fsp3) is 0.533. The lowest BCUT2D eigenvalue weighted by atomic mass is 10.0. The molecule has 1 atom stereocenters. The maximum Gasteiger partial charge on any atom is 0.303 e. The number of carboxylic acid groups (broad SMARTS) is 1. The van der Waals surface area contributed by atoms with Gasteiger partial charge in [0.1, 0.15) is 0 Å². The van der Waals surface area contributed by atoms with Gasteiger partial charge >= 0.3 is 5.97 Å². The summed E-state index contributed by atoms with van der Waals surface area (Å²) in [6, 6.07) is 10.7. The van der Waals surface area contributed by atoms with Gasteiger partial charge in [-0.1, -0.05) is 30.3 Å². The zero-order valence-corrected chi connectivity index (χ0v) is 11.1. The van der Waals surface area contributed by atoms with Gasteiger partial charge in [-0.2, -0.15) is 0 Å². The van der Waals surface area contributed by atoms with Crippen LogP contribution < -0.4 is 0 Å². The second-order valence-corrected chi connectivity index (χ2v) is 4.95. The van der Waals surface area contributed by atoms with E-state index in [1.165, 1.54) is 5.56 Å². The van der Waals surface area contributed by atoms with Crippen molar-refractivity contribution < 1.29 is 14.6 Å². The topological polar surface area (TPSA) is 49.8 Å². The van der Waals surface area contributed by atoms with Crippen molar-refractivity contribution in [3.63, 3.8) is 0 Å². The summed E-state index contributed by atoms with van der Waals surface area (Å²) < 4.78 is 5.55. The molecule has 0 aromatic heterocycles. The highest BCUT2D eigenvalue weighted by molar-refractivity contribution is 5.66. The molecule has 0 bridgehead atoms. The minimum absolute atomic E-state index is 0.245. The van der Waals surface area contributed by atoms with Crippen molar-refractivity contribution in [1.29, 1.82) is 0 Å². The molecule has 1 saturated heterocycles. The van der Waals surface area contributed by atoms with Gasteiger partial charge in [-0.3, -0.25) is 9.69 Å². The summed E-state index contributed by atoms with van der Waals surface area (Å²) in [7, 11) is 0. The highest BCUT2D eigenvalue weighted by Crippen LogP contribution is 2.14. The molecular weight excluding hydrogens is 242 g/mol. The number of aliphatic carboxylic acids is 1. The summed E-state index contributed by atoms with van der Waals surface area (Å²) in [5, 5.41) is 8.70. The van der Waals surface area contributed by atoms with Crippen LogP contribution in [0.2, 0.25) is 0 Å². The van der Waals surface area contributed by atoms with Crippen molar-refractivity contribution in [1.82, 2.24) is 4.90 Å². The maximum atomic E-state index is 10.6. The van der Waals surface area contributed by atoms with Crippen molar-refractivity contribution >= 4 is 5.97 Å². The standard InChI is InChI=1S/C15H21NO3/c17-15(18)7-4-8-16-9-10-19-12-14(16)11-13-5-2-1-3-6-13/h1-3,5-6,14H,4,7-12H2,(H,17,18). The van der Waals surface area contributed by atoms with E-state index in [1.807, 2.05) is 18.2 Å². The molecular formula is C15H21NO3. The van der Waals surface area contributed by atoms with E-state index < -0.39 is 5.97 Å². The predicted molar refractivity (Wildman–Crippen MR) is 73.2 cm³/mol. The molecule has 1 aromatic rings. The smallest absolute Gasteiger partial charge is 0.303 e. The molecule has 4 heteroatoms. The predicted octanol–water partition coefficient (Wildman–Crippen LogP) is 1.79. The first-order valence-electron chi connectivity index (χ1n) is 6.83. The van der Waals surface area contributed by atoms with Crippen LogP contribution in [0.25, 0.3) is 0 Å². The van der Waals surface area contributed by atoms with Crippen LogP contribution in [0.4, 0.5) is 0 Å². The van der Waals surface area contributed by atoms with E-state index in [2.05, 4.69) is 17.0 Å². The molecule has 104 valence electrons. The first kappa shape index (κ1) is 14.0. The van der Waals surface area contributed by atoms with E-state index >= 15 is 0 Å². The Labute approximate surface area is 114 Å². The average Bonchev–Trinajstić information content (AvgIpc) is 2.41. The zero-order valence-electron chi connectivity index (χ0n) is 11.1. The summed E-state index contributed by atoms with van der Waals surface area (Å²) in [6.07, 6.45) is 1.92. The Balaban J connectivity index is 1.86. The van der Waals surface area contributed by atoms with Crippen molar-refractivity contribution in [2.24, 2.45) is 0 Å². The molecule has 0 radical (unpaired) electrons. The molecule has 1 unspecified atom stereocenters. The van der Waals surface area contributed by atoms with Crippen LogP contribution in [0, 0.1) is 0 Å². The van der Waals surface area contributed by atoms with Crippen LogP contribution in [-0.2, 0) is 16.0 Å². The van der Waals surface area contributed by atoms with E-state index in [0.29, 0.717) is 12.5 Å². The molecule has 0 amide bonds. The Morgan fingerprint density at radius 1 is 1.37 bits per heavy atom. The molecule has 19 heavy (non-hydrogen) atoms. The van der Waals surface area contributed by atoms with Gasteiger partial charge in [-0.15, -0.1) is 0 Å². The van der Waals surface area contributed by atoms with Gasteiger partial charge in [0.2, 0.25) is 0 Å². The molecule has 1 aliphatic rings. The van der Waals surface area contributed by atoms with Gasteiger partial charge < -0.3 is 9.84 Å². The van der Waals surface area contributed by atoms with Crippen LogP contribution in [0.3, 0.4) is 0 Å². The van der Waals surface area contributed by atoms with Crippen LogP contribution in [-0.4, -0.2) is 48.3 Å². The number of benzene rings is 1. The lowest BCUT2D eigenvalue weighted by Crippen LogP contribution is -2.47. The van der Waals surface area contributed by atoms with Crippen LogP contribution in [0.15, 0.2) is 30.3 Å². The normalized spacial score (nSPS) is 20.3. The SMILES string of the molecule is O=C(O)CCCN1CCOCC1Cc1ccccc1. The molecule has 1 aliphatic heterocycles. The molecule has 0 aliphatic carbocycles. The summed E-state index contributed by atoms with van der Waals surface area (Å²) in [5.41, 5.74) is 1.31. The number of morpholine rings is 1. The van der Waals surface area contributed by atoms with Gasteiger partial charge in [-0.05, 0) is 24.9 Å². The number of carboxylic acids is 1. The van der Waals surface area contributed by atoms with E-state index in [-0.39, 0.29) is 6.42 Å². The third-order valence-electron chi connectivity index (χ3n) is 3.50. The molecule has 4 nitrogen and oxygen atoms in total. The second-order valence-electron chi connectivity index (χ2n) is 4.95. The molecule has 1 N–H and O–H groups in total. The largest absolute Gasteiger partial charge is 0.481 e. The lowest BCUT2D eigenvalue weighted by molar-refractivity contribution is -0.137. The Morgan fingerprint density at radius 3 is 2.89 bits per heavy atom. The first-order chi connectivity index (χ1) is 9.25. The molecule has 1 heterocycles. The first-order valence-corrected chi connectivity index (χ1v) is 6.83. The fourth-order valence-electron chi connectivity index (χ4n) is 2.49. The van der Waals surface area contributed by atoms with Gasteiger partial charge in [0.15, 0.2) is 0 Å². The van der Waals surface area contributed by atoms with Crippen LogP contribution in [0.1, 0.15) is 18.4 Å². The van der Waals surface area contributed by atoms with E-state index in [4.69, 9.17) is 9.84 Å². The van der Waals surface area contributed by atoms with Crippen LogP contribution >= 0.6 is 0 Å². The fourth-order valence-corrected chi connectivity index (χ4v) is 2.49. The number of carbonyl (C=O) groups is 1. The highest BCUT2D eigenvalue weighted by atomic mass is 16.5. The molecule has 1 aromatic carbocycles. The summed E-state index contributed by atoms with van der Waals surface area (Å²) >= 11 is 0. The molecule has 1 fully saturated rings. The van der Waals surface area contributed by atoms with Crippen molar-refractivity contribution in [2.45, 2.75) is 25.3 Å². The third kappa shape index (κ3) is 4.65. The van der Waals surface area contributed by atoms with Crippen molar-refractivity contribution in [3.05, 3.63) is 35.9 Å². The molecule has 2 rings (SSSR count). The molecule has 0 spiro atoms. The monoisotopic (exact) mass is 263 g/mol. The number of hydrogen-bond acceptors (Lipinski definition) is 3. The number of hydrogen-bond donors (Lipinski definition) is 1. The van der Waals surface area contributed by atoms with E-state index in [1.54, 1.807) is 0 Å². The minimum atomic E-state index is -0.715. The second kappa shape index (κ2) is 7.26. The third-order valence-corrected chi connectivity index (χ3v) is 3.50. The lowest BCUT2D eigenvalue weighted by Gasteiger charge is -2.35. The minimum Gasteiger partial charge on any atom is -0.481 e.